The molecule has 0 saturated heterocycles. The summed E-state index contributed by atoms with van der Waals surface area (Å²) in [5.41, 5.74) is 0.763. The minimum absolute atomic E-state index is 0.0936. The molecule has 0 saturated carbocycles. The van der Waals surface area contributed by atoms with E-state index in [1.54, 1.807) is 16.6 Å². The van der Waals surface area contributed by atoms with Crippen LogP contribution in [0.25, 0.3) is 0 Å². The van der Waals surface area contributed by atoms with Gasteiger partial charge in [0.25, 0.3) is 11.8 Å². The molecule has 1 aliphatic heterocycles. The zero-order valence-electron chi connectivity index (χ0n) is 8.65. The van der Waals surface area contributed by atoms with E-state index in [0.29, 0.717) is 18.8 Å². The number of amides is 2. The summed E-state index contributed by atoms with van der Waals surface area (Å²) in [5.74, 6) is -0.365. The van der Waals surface area contributed by atoms with Crippen LogP contribution in [0.2, 0.25) is 0 Å². The molecular weight excluding hydrogens is 196 g/mol. The number of likely N-dealkylation sites (N-methyl/N-ethyl adjacent to an activating group) is 1. The van der Waals surface area contributed by atoms with Crippen molar-refractivity contribution < 1.29 is 9.59 Å². The second-order valence-electron chi connectivity index (χ2n) is 3.44. The summed E-state index contributed by atoms with van der Waals surface area (Å²) in [7, 11) is 3.27. The van der Waals surface area contributed by atoms with Crippen LogP contribution in [0.4, 0.5) is 0 Å². The van der Waals surface area contributed by atoms with Gasteiger partial charge in [-0.15, -0.1) is 0 Å². The SMILES string of the molecule is CNC(=O)c1cc2n(n1)CCN(C)C2=O. The smallest absolute Gasteiger partial charge is 0.271 e. The molecule has 1 N–H and O–H groups in total. The second-order valence-corrected chi connectivity index (χ2v) is 3.44. The molecule has 1 aromatic heterocycles. The molecule has 0 atom stereocenters. The van der Waals surface area contributed by atoms with Crippen molar-refractivity contribution in [3.8, 4) is 0 Å². The molecule has 6 heteroatoms. The summed E-state index contributed by atoms with van der Waals surface area (Å²) in [6.07, 6.45) is 0. The third kappa shape index (κ3) is 1.47. The third-order valence-electron chi connectivity index (χ3n) is 2.45. The second kappa shape index (κ2) is 3.38. The average molecular weight is 208 g/mol. The van der Waals surface area contributed by atoms with Crippen molar-refractivity contribution in [2.75, 3.05) is 20.6 Å². The van der Waals surface area contributed by atoms with Gasteiger partial charge in [-0.2, -0.15) is 5.10 Å². The molecule has 2 rings (SSSR count). The quantitative estimate of drug-likeness (QED) is 0.665. The molecular formula is C9H12N4O2. The van der Waals surface area contributed by atoms with E-state index in [1.165, 1.54) is 13.1 Å². The lowest BCUT2D eigenvalue weighted by Crippen LogP contribution is -2.37. The minimum Gasteiger partial charge on any atom is -0.354 e. The minimum atomic E-state index is -0.271. The molecule has 15 heavy (non-hydrogen) atoms. The van der Waals surface area contributed by atoms with E-state index in [9.17, 15) is 9.59 Å². The lowest BCUT2D eigenvalue weighted by molar-refractivity contribution is 0.0742. The Morgan fingerprint density at radius 1 is 1.53 bits per heavy atom. The summed E-state index contributed by atoms with van der Waals surface area (Å²) in [6.45, 7) is 1.26. The molecule has 6 nitrogen and oxygen atoms in total. The van der Waals surface area contributed by atoms with Gasteiger partial charge in [-0.05, 0) is 0 Å². The Morgan fingerprint density at radius 2 is 2.27 bits per heavy atom. The zero-order chi connectivity index (χ0) is 11.0. The van der Waals surface area contributed by atoms with E-state index in [4.69, 9.17) is 0 Å². The fraction of sp³-hybridized carbons (Fsp3) is 0.444. The van der Waals surface area contributed by atoms with Crippen LogP contribution in [0.3, 0.4) is 0 Å². The number of carbonyl (C=O) groups excluding carboxylic acids is 2. The number of hydrogen-bond donors (Lipinski definition) is 1. The van der Waals surface area contributed by atoms with Crippen LogP contribution in [0.5, 0.6) is 0 Å². The Hall–Kier alpha value is -1.85. The van der Waals surface area contributed by atoms with Crippen LogP contribution in [0, 0.1) is 0 Å². The molecule has 2 heterocycles. The predicted octanol–water partition coefficient (Wildman–Crippen LogP) is -0.672. The van der Waals surface area contributed by atoms with Crippen LogP contribution in [-0.4, -0.2) is 47.1 Å². The lowest BCUT2D eigenvalue weighted by atomic mass is 10.3. The molecule has 1 aromatic rings. The highest BCUT2D eigenvalue weighted by atomic mass is 16.2. The first kappa shape index (κ1) is 9.70. The number of hydrogen-bond acceptors (Lipinski definition) is 3. The Bertz CT molecular complexity index is 424. The van der Waals surface area contributed by atoms with Gasteiger partial charge in [0, 0.05) is 26.7 Å². The number of carbonyl (C=O) groups is 2. The zero-order valence-corrected chi connectivity index (χ0v) is 8.65. The van der Waals surface area contributed by atoms with Crippen LogP contribution in [0.15, 0.2) is 6.07 Å². The summed E-state index contributed by atoms with van der Waals surface area (Å²) >= 11 is 0. The summed E-state index contributed by atoms with van der Waals surface area (Å²) in [4.78, 5) is 24.6. The van der Waals surface area contributed by atoms with Crippen molar-refractivity contribution in [1.29, 1.82) is 0 Å². The Kier molecular flexibility index (Phi) is 2.18. The van der Waals surface area contributed by atoms with E-state index < -0.39 is 0 Å². The molecule has 0 spiro atoms. The molecule has 0 unspecified atom stereocenters. The number of nitrogens with one attached hydrogen (secondary N) is 1. The van der Waals surface area contributed by atoms with E-state index in [2.05, 4.69) is 10.4 Å². The third-order valence-corrected chi connectivity index (χ3v) is 2.45. The van der Waals surface area contributed by atoms with Gasteiger partial charge in [-0.1, -0.05) is 0 Å². The molecule has 0 radical (unpaired) electrons. The number of aromatic nitrogens is 2. The van der Waals surface area contributed by atoms with E-state index in [0.717, 1.165) is 0 Å². The standard InChI is InChI=1S/C9H12N4O2/c1-10-8(14)6-5-7-9(15)12(2)3-4-13(7)11-6/h5H,3-4H2,1-2H3,(H,10,14). The largest absolute Gasteiger partial charge is 0.354 e. The van der Waals surface area contributed by atoms with Crippen molar-refractivity contribution in [3.05, 3.63) is 17.5 Å². The van der Waals surface area contributed by atoms with Gasteiger partial charge in [0.1, 0.15) is 5.69 Å². The Morgan fingerprint density at radius 3 is 2.93 bits per heavy atom. The first-order valence-electron chi connectivity index (χ1n) is 4.69. The van der Waals surface area contributed by atoms with Crippen molar-refractivity contribution in [3.63, 3.8) is 0 Å². The Labute approximate surface area is 86.9 Å². The number of rotatable bonds is 1. The van der Waals surface area contributed by atoms with Gasteiger partial charge < -0.3 is 10.2 Å². The summed E-state index contributed by atoms with van der Waals surface area (Å²) in [5, 5.41) is 6.54. The highest BCUT2D eigenvalue weighted by molar-refractivity contribution is 5.98. The first-order valence-corrected chi connectivity index (χ1v) is 4.69. The van der Waals surface area contributed by atoms with Crippen molar-refractivity contribution in [2.24, 2.45) is 0 Å². The van der Waals surface area contributed by atoms with Crippen LogP contribution in [-0.2, 0) is 6.54 Å². The Balaban J connectivity index is 2.39. The van der Waals surface area contributed by atoms with Crippen molar-refractivity contribution in [2.45, 2.75) is 6.54 Å². The topological polar surface area (TPSA) is 67.2 Å². The number of fused-ring (bicyclic) bond motifs is 1. The molecule has 0 aromatic carbocycles. The van der Waals surface area contributed by atoms with Crippen LogP contribution < -0.4 is 5.32 Å². The molecule has 0 bridgehead atoms. The summed E-state index contributed by atoms with van der Waals surface area (Å²) in [6, 6.07) is 1.52. The maximum atomic E-state index is 11.7. The fourth-order valence-electron chi connectivity index (χ4n) is 1.54. The molecule has 2 amide bonds. The van der Waals surface area contributed by atoms with Crippen molar-refractivity contribution in [1.82, 2.24) is 20.0 Å². The molecule has 0 fully saturated rings. The van der Waals surface area contributed by atoms with E-state index in [-0.39, 0.29) is 17.5 Å². The van der Waals surface area contributed by atoms with Gasteiger partial charge in [0.05, 0.1) is 6.54 Å². The van der Waals surface area contributed by atoms with Gasteiger partial charge in [-0.3, -0.25) is 14.3 Å². The number of nitrogens with zero attached hydrogens (tertiary/aromatic N) is 3. The molecule has 80 valence electrons. The van der Waals surface area contributed by atoms with Gasteiger partial charge >= 0.3 is 0 Å². The first-order chi connectivity index (χ1) is 7.13. The highest BCUT2D eigenvalue weighted by Crippen LogP contribution is 2.12. The normalized spacial score (nSPS) is 15.1. The summed E-state index contributed by atoms with van der Waals surface area (Å²) < 4.78 is 1.58. The fourth-order valence-corrected chi connectivity index (χ4v) is 1.54. The van der Waals surface area contributed by atoms with Crippen LogP contribution >= 0.6 is 0 Å². The molecule has 0 aliphatic carbocycles. The van der Waals surface area contributed by atoms with Gasteiger partial charge in [0.15, 0.2) is 5.69 Å². The van der Waals surface area contributed by atoms with Crippen LogP contribution in [0.1, 0.15) is 21.0 Å². The average Bonchev–Trinajstić information content (AvgIpc) is 2.67. The molecule has 1 aliphatic rings. The van der Waals surface area contributed by atoms with Gasteiger partial charge in [-0.25, -0.2) is 0 Å². The maximum Gasteiger partial charge on any atom is 0.271 e. The lowest BCUT2D eigenvalue weighted by Gasteiger charge is -2.22. The van der Waals surface area contributed by atoms with E-state index >= 15 is 0 Å². The predicted molar refractivity (Wildman–Crippen MR) is 52.6 cm³/mol. The maximum absolute atomic E-state index is 11.7. The van der Waals surface area contributed by atoms with E-state index in [1.807, 2.05) is 0 Å². The monoisotopic (exact) mass is 208 g/mol. The van der Waals surface area contributed by atoms with Gasteiger partial charge in [0.2, 0.25) is 0 Å². The highest BCUT2D eigenvalue weighted by Gasteiger charge is 2.25. The van der Waals surface area contributed by atoms with Crippen molar-refractivity contribution >= 4 is 11.8 Å².